The van der Waals surface area contributed by atoms with Crippen molar-refractivity contribution < 1.29 is 4.42 Å². The van der Waals surface area contributed by atoms with Gasteiger partial charge in [0.25, 0.3) is 0 Å². The molecule has 0 aliphatic heterocycles. The molecule has 0 atom stereocenters. The predicted molar refractivity (Wildman–Crippen MR) is 81.0 cm³/mol. The summed E-state index contributed by atoms with van der Waals surface area (Å²) in [6.07, 6.45) is 1.53. The molecule has 0 amide bonds. The zero-order valence-electron chi connectivity index (χ0n) is 11.5. The second kappa shape index (κ2) is 5.94. The van der Waals surface area contributed by atoms with Gasteiger partial charge in [-0.3, -0.25) is 0 Å². The third-order valence-electron chi connectivity index (χ3n) is 3.05. The minimum Gasteiger partial charge on any atom is -0.439 e. The molecule has 0 unspecified atom stereocenters. The summed E-state index contributed by atoms with van der Waals surface area (Å²) in [4.78, 5) is 16.0. The Hall–Kier alpha value is -2.12. The molecule has 2 aromatic heterocycles. The third-order valence-corrected chi connectivity index (χ3v) is 3.87. The molecule has 0 fully saturated rings. The summed E-state index contributed by atoms with van der Waals surface area (Å²) in [5, 5.41) is 8.32. The summed E-state index contributed by atoms with van der Waals surface area (Å²) >= 11 is 12.1. The van der Waals surface area contributed by atoms with Crippen LogP contribution in [0.1, 0.15) is 12.8 Å². The van der Waals surface area contributed by atoms with Crippen LogP contribution in [0.15, 0.2) is 33.6 Å². The van der Waals surface area contributed by atoms with E-state index < -0.39 is 0 Å². The van der Waals surface area contributed by atoms with Crippen LogP contribution in [0.2, 0.25) is 10.0 Å². The van der Waals surface area contributed by atoms with E-state index in [1.807, 2.05) is 6.92 Å². The van der Waals surface area contributed by atoms with Gasteiger partial charge in [0, 0.05) is 12.1 Å². The summed E-state index contributed by atoms with van der Waals surface area (Å²) in [6.45, 7) is 2.36. The highest BCUT2D eigenvalue weighted by molar-refractivity contribution is 6.43. The average Bonchev–Trinajstić information content (AvgIpc) is 3.10. The second-order valence-electron chi connectivity index (χ2n) is 4.45. The van der Waals surface area contributed by atoms with E-state index in [1.165, 1.54) is 15.6 Å². The maximum atomic E-state index is 11.9. The van der Waals surface area contributed by atoms with Gasteiger partial charge in [-0.2, -0.15) is 9.36 Å². The summed E-state index contributed by atoms with van der Waals surface area (Å²) in [7, 11) is 0. The maximum absolute atomic E-state index is 11.9. The molecule has 9 heteroatoms. The highest BCUT2D eigenvalue weighted by Crippen LogP contribution is 2.33. The summed E-state index contributed by atoms with van der Waals surface area (Å²) < 4.78 is 8.04. The van der Waals surface area contributed by atoms with Crippen LogP contribution in [0.3, 0.4) is 0 Å². The normalized spacial score (nSPS) is 11.0. The van der Waals surface area contributed by atoms with E-state index >= 15 is 0 Å². The van der Waals surface area contributed by atoms with Crippen molar-refractivity contribution in [3.05, 3.63) is 50.8 Å². The van der Waals surface area contributed by atoms with E-state index in [0.717, 1.165) is 0 Å². The van der Waals surface area contributed by atoms with Gasteiger partial charge in [-0.05, 0) is 29.5 Å². The molecule has 0 saturated carbocycles. The first-order valence-electron chi connectivity index (χ1n) is 6.50. The van der Waals surface area contributed by atoms with Gasteiger partial charge in [-0.1, -0.05) is 29.3 Å². The molecule has 7 nitrogen and oxygen atoms in total. The fourth-order valence-corrected chi connectivity index (χ4v) is 2.33. The molecule has 0 saturated heterocycles. The first-order valence-corrected chi connectivity index (χ1v) is 7.25. The standard InChI is InChI=1S/C13H11Cl2N5O2/c1-2-19-13(21)20(18-17-19)7-11-16-6-10(22-11)8-4-3-5-9(14)12(8)15/h3-6H,2,7H2,1H3. The van der Waals surface area contributed by atoms with Gasteiger partial charge in [-0.25, -0.2) is 9.78 Å². The molecule has 0 radical (unpaired) electrons. The van der Waals surface area contributed by atoms with Gasteiger partial charge in [0.05, 0.1) is 16.2 Å². The molecular formula is C13H11Cl2N5O2. The number of nitrogens with zero attached hydrogens (tertiary/aromatic N) is 5. The zero-order valence-corrected chi connectivity index (χ0v) is 13.0. The Labute approximate surface area is 135 Å². The number of aromatic nitrogens is 5. The van der Waals surface area contributed by atoms with E-state index in [4.69, 9.17) is 27.6 Å². The number of hydrogen-bond donors (Lipinski definition) is 0. The summed E-state index contributed by atoms with van der Waals surface area (Å²) in [6, 6.07) is 5.23. The monoisotopic (exact) mass is 339 g/mol. The molecule has 3 aromatic rings. The number of halogens is 2. The Morgan fingerprint density at radius 3 is 2.73 bits per heavy atom. The molecule has 0 spiro atoms. The molecule has 0 aliphatic carbocycles. The summed E-state index contributed by atoms with van der Waals surface area (Å²) in [5.74, 6) is 0.801. The van der Waals surface area contributed by atoms with E-state index in [1.54, 1.807) is 18.2 Å². The van der Waals surface area contributed by atoms with Gasteiger partial charge < -0.3 is 4.42 Å². The molecule has 2 heterocycles. The minimum absolute atomic E-state index is 0.0943. The Morgan fingerprint density at radius 1 is 1.23 bits per heavy atom. The number of rotatable bonds is 4. The van der Waals surface area contributed by atoms with Crippen molar-refractivity contribution in [1.82, 2.24) is 24.8 Å². The molecule has 0 N–H and O–H groups in total. The van der Waals surface area contributed by atoms with Crippen molar-refractivity contribution in [3.8, 4) is 11.3 Å². The molecular weight excluding hydrogens is 329 g/mol. The molecule has 22 heavy (non-hydrogen) atoms. The lowest BCUT2D eigenvalue weighted by atomic mass is 10.2. The highest BCUT2D eigenvalue weighted by atomic mass is 35.5. The van der Waals surface area contributed by atoms with E-state index in [2.05, 4.69) is 15.4 Å². The van der Waals surface area contributed by atoms with Crippen molar-refractivity contribution in [2.45, 2.75) is 20.0 Å². The smallest absolute Gasteiger partial charge is 0.364 e. The Kier molecular flexibility index (Phi) is 4.00. The predicted octanol–water partition coefficient (Wildman–Crippen LogP) is 2.47. The highest BCUT2D eigenvalue weighted by Gasteiger charge is 2.14. The lowest BCUT2D eigenvalue weighted by Gasteiger charge is -2.01. The van der Waals surface area contributed by atoms with E-state index in [-0.39, 0.29) is 12.2 Å². The lowest BCUT2D eigenvalue weighted by Crippen LogP contribution is -2.25. The molecule has 1 aromatic carbocycles. The molecule has 0 aliphatic rings. The number of aryl methyl sites for hydroxylation is 1. The van der Waals surface area contributed by atoms with E-state index in [0.29, 0.717) is 33.8 Å². The Balaban J connectivity index is 1.89. The fraction of sp³-hybridized carbons (Fsp3) is 0.231. The number of hydrogen-bond acceptors (Lipinski definition) is 5. The number of benzene rings is 1. The number of oxazole rings is 1. The number of tetrazole rings is 1. The van der Waals surface area contributed by atoms with Gasteiger partial charge in [0.1, 0.15) is 6.54 Å². The Bertz CT molecular complexity index is 867. The van der Waals surface area contributed by atoms with Crippen LogP contribution in [0.25, 0.3) is 11.3 Å². The molecule has 114 valence electrons. The second-order valence-corrected chi connectivity index (χ2v) is 5.24. The van der Waals surface area contributed by atoms with Crippen molar-refractivity contribution in [2.24, 2.45) is 0 Å². The average molecular weight is 340 g/mol. The first-order chi connectivity index (χ1) is 10.6. The molecule has 3 rings (SSSR count). The van der Waals surface area contributed by atoms with Gasteiger partial charge in [0.15, 0.2) is 5.76 Å². The summed E-state index contributed by atoms with van der Waals surface area (Å²) in [5.41, 5.74) is 0.320. The third kappa shape index (κ3) is 2.65. The van der Waals surface area contributed by atoms with Crippen LogP contribution < -0.4 is 5.69 Å². The van der Waals surface area contributed by atoms with Gasteiger partial charge >= 0.3 is 5.69 Å². The fourth-order valence-electron chi connectivity index (χ4n) is 1.93. The van der Waals surface area contributed by atoms with Crippen molar-refractivity contribution in [1.29, 1.82) is 0 Å². The SMILES string of the molecule is CCn1nnn(Cc2ncc(-c3cccc(Cl)c3Cl)o2)c1=O. The van der Waals surface area contributed by atoms with Gasteiger partial charge in [-0.15, -0.1) is 0 Å². The zero-order chi connectivity index (χ0) is 15.7. The first kappa shape index (κ1) is 14.8. The van der Waals surface area contributed by atoms with Crippen molar-refractivity contribution in [2.75, 3.05) is 0 Å². The van der Waals surface area contributed by atoms with Crippen LogP contribution >= 0.6 is 23.2 Å². The van der Waals surface area contributed by atoms with Crippen LogP contribution in [-0.2, 0) is 13.1 Å². The van der Waals surface area contributed by atoms with Crippen molar-refractivity contribution >= 4 is 23.2 Å². The lowest BCUT2D eigenvalue weighted by molar-refractivity contribution is 0.464. The Morgan fingerprint density at radius 2 is 2.00 bits per heavy atom. The van der Waals surface area contributed by atoms with Crippen LogP contribution in [0.4, 0.5) is 0 Å². The van der Waals surface area contributed by atoms with Crippen LogP contribution in [0.5, 0.6) is 0 Å². The largest absolute Gasteiger partial charge is 0.439 e. The van der Waals surface area contributed by atoms with E-state index in [9.17, 15) is 4.79 Å². The minimum atomic E-state index is -0.317. The van der Waals surface area contributed by atoms with Crippen LogP contribution in [0, 0.1) is 0 Å². The van der Waals surface area contributed by atoms with Crippen LogP contribution in [-0.4, -0.2) is 24.8 Å². The van der Waals surface area contributed by atoms with Gasteiger partial charge in [0.2, 0.25) is 5.89 Å². The molecule has 0 bridgehead atoms. The topological polar surface area (TPSA) is 78.7 Å². The van der Waals surface area contributed by atoms with Crippen molar-refractivity contribution in [3.63, 3.8) is 0 Å². The maximum Gasteiger partial charge on any atom is 0.364 e. The quantitative estimate of drug-likeness (QED) is 0.729.